The lowest BCUT2D eigenvalue weighted by molar-refractivity contribution is -0.119. The first-order chi connectivity index (χ1) is 6.79. The van der Waals surface area contributed by atoms with Crippen LogP contribution in [0.15, 0.2) is 0 Å². The van der Waals surface area contributed by atoms with Gasteiger partial charge in [0.05, 0.1) is 0 Å². The summed E-state index contributed by atoms with van der Waals surface area (Å²) in [5, 5.41) is 0. The van der Waals surface area contributed by atoms with Gasteiger partial charge in [-0.3, -0.25) is 4.79 Å². The third-order valence-electron chi connectivity index (χ3n) is 2.95. The van der Waals surface area contributed by atoms with Gasteiger partial charge in [-0.1, -0.05) is 41.6 Å². The first-order valence-electron chi connectivity index (χ1n) is 5.95. The maximum absolute atomic E-state index is 11.4. The molecule has 82 valence electrons. The highest BCUT2D eigenvalue weighted by molar-refractivity contribution is 9.09. The minimum atomic E-state index is 0.487. The average Bonchev–Trinajstić information content (AvgIpc) is 2.14. The van der Waals surface area contributed by atoms with Crippen molar-refractivity contribution in [1.29, 1.82) is 0 Å². The molecule has 1 aliphatic carbocycles. The number of carbonyl (C=O) groups excluding carboxylic acids is 1. The SMILES string of the molecule is O=C1CCCCCC(Br)CCCCC1. The third-order valence-corrected chi connectivity index (χ3v) is 3.86. The molecule has 1 rings (SSSR count). The van der Waals surface area contributed by atoms with Crippen LogP contribution in [0.2, 0.25) is 0 Å². The average molecular weight is 261 g/mol. The quantitative estimate of drug-likeness (QED) is 0.596. The van der Waals surface area contributed by atoms with E-state index in [9.17, 15) is 4.79 Å². The van der Waals surface area contributed by atoms with Crippen molar-refractivity contribution in [3.8, 4) is 0 Å². The Hall–Kier alpha value is 0.150. The predicted molar refractivity (Wildman–Crippen MR) is 63.9 cm³/mol. The van der Waals surface area contributed by atoms with Gasteiger partial charge >= 0.3 is 0 Å². The fraction of sp³-hybridized carbons (Fsp3) is 0.917. The molecule has 0 saturated heterocycles. The summed E-state index contributed by atoms with van der Waals surface area (Å²) in [7, 11) is 0. The Morgan fingerprint density at radius 3 is 1.86 bits per heavy atom. The molecular formula is C12H21BrO. The van der Waals surface area contributed by atoms with Gasteiger partial charge < -0.3 is 0 Å². The number of hydrogen-bond donors (Lipinski definition) is 0. The number of alkyl halides is 1. The second-order valence-electron chi connectivity index (χ2n) is 4.33. The van der Waals surface area contributed by atoms with E-state index in [0.717, 1.165) is 30.5 Å². The van der Waals surface area contributed by atoms with Crippen LogP contribution in [-0.4, -0.2) is 10.6 Å². The van der Waals surface area contributed by atoms with E-state index in [2.05, 4.69) is 15.9 Å². The summed E-state index contributed by atoms with van der Waals surface area (Å²) < 4.78 is 0. The fourth-order valence-electron chi connectivity index (χ4n) is 2.00. The Bertz CT molecular complexity index is 152. The molecule has 14 heavy (non-hydrogen) atoms. The number of ketones is 1. The van der Waals surface area contributed by atoms with E-state index in [1.165, 1.54) is 38.5 Å². The molecule has 0 N–H and O–H groups in total. The normalized spacial score (nSPS) is 23.9. The zero-order chi connectivity index (χ0) is 10.2. The van der Waals surface area contributed by atoms with Crippen LogP contribution in [0.5, 0.6) is 0 Å². The lowest BCUT2D eigenvalue weighted by Gasteiger charge is -2.10. The van der Waals surface area contributed by atoms with Crippen molar-refractivity contribution < 1.29 is 4.79 Å². The van der Waals surface area contributed by atoms with E-state index in [0.29, 0.717) is 5.78 Å². The zero-order valence-corrected chi connectivity index (χ0v) is 10.5. The Morgan fingerprint density at radius 1 is 0.857 bits per heavy atom. The summed E-state index contributed by atoms with van der Waals surface area (Å²) in [6.45, 7) is 0. The smallest absolute Gasteiger partial charge is 0.132 e. The Morgan fingerprint density at radius 2 is 1.36 bits per heavy atom. The molecule has 1 fully saturated rings. The van der Waals surface area contributed by atoms with Crippen LogP contribution in [0.25, 0.3) is 0 Å². The van der Waals surface area contributed by atoms with Gasteiger partial charge in [0, 0.05) is 17.7 Å². The van der Waals surface area contributed by atoms with E-state index in [1.54, 1.807) is 0 Å². The molecule has 0 radical (unpaired) electrons. The highest BCUT2D eigenvalue weighted by atomic mass is 79.9. The van der Waals surface area contributed by atoms with Crippen molar-refractivity contribution in [2.75, 3.05) is 0 Å². The molecule has 1 aliphatic rings. The molecule has 0 atom stereocenters. The molecule has 0 aromatic rings. The van der Waals surface area contributed by atoms with Crippen LogP contribution >= 0.6 is 15.9 Å². The van der Waals surface area contributed by atoms with Gasteiger partial charge in [0.25, 0.3) is 0 Å². The van der Waals surface area contributed by atoms with E-state index >= 15 is 0 Å². The molecule has 0 unspecified atom stereocenters. The summed E-state index contributed by atoms with van der Waals surface area (Å²) in [5.41, 5.74) is 0. The minimum absolute atomic E-state index is 0.487. The lowest BCUT2D eigenvalue weighted by atomic mass is 10.0. The number of carbonyl (C=O) groups is 1. The number of hydrogen-bond acceptors (Lipinski definition) is 1. The molecule has 0 aromatic carbocycles. The minimum Gasteiger partial charge on any atom is -0.300 e. The molecular weight excluding hydrogens is 240 g/mol. The molecule has 2 heteroatoms. The van der Waals surface area contributed by atoms with Crippen LogP contribution in [0, 0.1) is 0 Å². The Balaban J connectivity index is 2.22. The van der Waals surface area contributed by atoms with Crippen LogP contribution in [0.3, 0.4) is 0 Å². The topological polar surface area (TPSA) is 17.1 Å². The van der Waals surface area contributed by atoms with Gasteiger partial charge in [-0.2, -0.15) is 0 Å². The van der Waals surface area contributed by atoms with Gasteiger partial charge in [-0.15, -0.1) is 0 Å². The van der Waals surface area contributed by atoms with E-state index in [-0.39, 0.29) is 0 Å². The van der Waals surface area contributed by atoms with E-state index < -0.39 is 0 Å². The van der Waals surface area contributed by atoms with Crippen LogP contribution in [0.4, 0.5) is 0 Å². The Labute approximate surface area is 95.8 Å². The van der Waals surface area contributed by atoms with E-state index in [1.807, 2.05) is 0 Å². The summed E-state index contributed by atoms with van der Waals surface area (Å²) in [6.07, 6.45) is 11.5. The van der Waals surface area contributed by atoms with Gasteiger partial charge in [0.15, 0.2) is 0 Å². The predicted octanol–water partition coefficient (Wildman–Crippen LogP) is 4.23. The molecule has 0 aliphatic heterocycles. The molecule has 0 spiro atoms. The van der Waals surface area contributed by atoms with Crippen molar-refractivity contribution in [2.24, 2.45) is 0 Å². The molecule has 0 aromatic heterocycles. The highest BCUT2D eigenvalue weighted by Gasteiger charge is 2.07. The van der Waals surface area contributed by atoms with Crippen LogP contribution in [-0.2, 0) is 4.79 Å². The van der Waals surface area contributed by atoms with Gasteiger partial charge in [0.1, 0.15) is 5.78 Å². The maximum atomic E-state index is 11.4. The summed E-state index contributed by atoms with van der Waals surface area (Å²) in [6, 6.07) is 0. The summed E-state index contributed by atoms with van der Waals surface area (Å²) >= 11 is 3.72. The van der Waals surface area contributed by atoms with Crippen LogP contribution < -0.4 is 0 Å². The van der Waals surface area contributed by atoms with Crippen molar-refractivity contribution in [3.63, 3.8) is 0 Å². The second-order valence-corrected chi connectivity index (χ2v) is 5.63. The van der Waals surface area contributed by atoms with Gasteiger partial charge in [-0.25, -0.2) is 0 Å². The molecule has 1 nitrogen and oxygen atoms in total. The fourth-order valence-corrected chi connectivity index (χ4v) is 2.65. The number of halogens is 1. The summed E-state index contributed by atoms with van der Waals surface area (Å²) in [5.74, 6) is 0.487. The molecule has 0 heterocycles. The Kier molecular flexibility index (Phi) is 6.50. The number of Topliss-reactive ketones (excluding diaryl/α,β-unsaturated/α-hetero) is 1. The number of rotatable bonds is 0. The summed E-state index contributed by atoms with van der Waals surface area (Å²) in [4.78, 5) is 12.1. The highest BCUT2D eigenvalue weighted by Crippen LogP contribution is 2.20. The van der Waals surface area contributed by atoms with Crippen LogP contribution in [0.1, 0.15) is 64.2 Å². The van der Waals surface area contributed by atoms with Crippen molar-refractivity contribution in [2.45, 2.75) is 69.0 Å². The maximum Gasteiger partial charge on any atom is 0.132 e. The van der Waals surface area contributed by atoms with Crippen molar-refractivity contribution in [3.05, 3.63) is 0 Å². The third kappa shape index (κ3) is 5.79. The lowest BCUT2D eigenvalue weighted by Crippen LogP contribution is -2.02. The zero-order valence-electron chi connectivity index (χ0n) is 8.93. The van der Waals surface area contributed by atoms with Crippen molar-refractivity contribution >= 4 is 21.7 Å². The van der Waals surface area contributed by atoms with E-state index in [4.69, 9.17) is 0 Å². The second kappa shape index (κ2) is 7.44. The van der Waals surface area contributed by atoms with Gasteiger partial charge in [-0.05, 0) is 25.7 Å². The first kappa shape index (κ1) is 12.2. The molecule has 1 saturated carbocycles. The standard InChI is InChI=1S/C12H21BrO/c13-11-7-3-1-5-9-12(14)10-6-2-4-8-11/h11H,1-10H2. The first-order valence-corrected chi connectivity index (χ1v) is 6.86. The monoisotopic (exact) mass is 260 g/mol. The molecule has 0 amide bonds. The van der Waals surface area contributed by atoms with Gasteiger partial charge in [0.2, 0.25) is 0 Å². The van der Waals surface area contributed by atoms with Crippen molar-refractivity contribution in [1.82, 2.24) is 0 Å². The molecule has 0 bridgehead atoms. The largest absolute Gasteiger partial charge is 0.300 e.